The van der Waals surface area contributed by atoms with Crippen molar-refractivity contribution < 1.29 is 9.50 Å². The lowest BCUT2D eigenvalue weighted by molar-refractivity contribution is -0.0331. The van der Waals surface area contributed by atoms with Gasteiger partial charge in [0.1, 0.15) is 12.0 Å². The number of hydrogen-bond donors (Lipinski definition) is 1. The van der Waals surface area contributed by atoms with Gasteiger partial charge in [0.2, 0.25) is 0 Å². The fourth-order valence-electron chi connectivity index (χ4n) is 1.77. The molecule has 0 aliphatic carbocycles. The Morgan fingerprint density at radius 2 is 2.44 bits per heavy atom. The Morgan fingerprint density at radius 3 is 3.06 bits per heavy atom. The molecule has 88 valence electrons. The smallest absolute Gasteiger partial charge is 0.146 e. The number of halogens is 2. The predicted molar refractivity (Wildman–Crippen MR) is 64.3 cm³/mol. The molecule has 2 atom stereocenters. The number of nitrogens with zero attached hydrogens (tertiary/aromatic N) is 2. The standard InChI is InChI=1S/C11H14BrFN2O/c1-11(16)3-5-15(7-9(11)13)10-6-8(12)2-4-14-10/h2,4,6,9,16H,3,5,7H2,1H3/t9-,11+/m0/s1. The van der Waals surface area contributed by atoms with Crippen LogP contribution in [0.3, 0.4) is 0 Å². The van der Waals surface area contributed by atoms with E-state index in [-0.39, 0.29) is 6.54 Å². The zero-order valence-electron chi connectivity index (χ0n) is 9.03. The molecule has 0 saturated carbocycles. The maximum atomic E-state index is 13.7. The topological polar surface area (TPSA) is 36.4 Å². The number of rotatable bonds is 1. The Balaban J connectivity index is 2.14. The molecule has 0 bridgehead atoms. The van der Waals surface area contributed by atoms with Gasteiger partial charge in [-0.3, -0.25) is 0 Å². The molecule has 1 aromatic rings. The van der Waals surface area contributed by atoms with E-state index in [0.29, 0.717) is 13.0 Å². The number of aliphatic hydroxyl groups is 1. The molecule has 1 aliphatic rings. The van der Waals surface area contributed by atoms with Crippen molar-refractivity contribution in [3.8, 4) is 0 Å². The van der Waals surface area contributed by atoms with Gasteiger partial charge < -0.3 is 10.0 Å². The molecule has 0 unspecified atom stereocenters. The molecule has 16 heavy (non-hydrogen) atoms. The molecule has 5 heteroatoms. The number of alkyl halides is 1. The highest BCUT2D eigenvalue weighted by molar-refractivity contribution is 9.10. The van der Waals surface area contributed by atoms with Crippen LogP contribution in [-0.2, 0) is 0 Å². The molecular formula is C11H14BrFN2O. The first-order valence-electron chi connectivity index (χ1n) is 5.22. The lowest BCUT2D eigenvalue weighted by atomic mass is 9.92. The summed E-state index contributed by atoms with van der Waals surface area (Å²) >= 11 is 3.36. The maximum absolute atomic E-state index is 13.7. The summed E-state index contributed by atoms with van der Waals surface area (Å²) in [6.07, 6.45) is 0.865. The first kappa shape index (κ1) is 11.8. The van der Waals surface area contributed by atoms with E-state index in [1.165, 1.54) is 0 Å². The molecular weight excluding hydrogens is 275 g/mol. The molecule has 1 N–H and O–H groups in total. The zero-order valence-corrected chi connectivity index (χ0v) is 10.6. The van der Waals surface area contributed by atoms with E-state index in [0.717, 1.165) is 10.3 Å². The molecule has 1 saturated heterocycles. The van der Waals surface area contributed by atoms with Gasteiger partial charge in [-0.2, -0.15) is 0 Å². The van der Waals surface area contributed by atoms with E-state index >= 15 is 0 Å². The first-order valence-corrected chi connectivity index (χ1v) is 6.01. The quantitative estimate of drug-likeness (QED) is 0.860. The number of aromatic nitrogens is 1. The molecule has 3 nitrogen and oxygen atoms in total. The Bertz CT molecular complexity index is 386. The minimum Gasteiger partial charge on any atom is -0.387 e. The largest absolute Gasteiger partial charge is 0.387 e. The monoisotopic (exact) mass is 288 g/mol. The second-order valence-corrected chi connectivity index (χ2v) is 5.27. The fourth-order valence-corrected chi connectivity index (χ4v) is 2.10. The second kappa shape index (κ2) is 4.30. The predicted octanol–water partition coefficient (Wildman–Crippen LogP) is 2.14. The third-order valence-corrected chi connectivity index (χ3v) is 3.47. The molecule has 0 aromatic carbocycles. The van der Waals surface area contributed by atoms with E-state index in [9.17, 15) is 9.50 Å². The summed E-state index contributed by atoms with van der Waals surface area (Å²) in [5.74, 6) is 0.743. The minimum atomic E-state index is -1.23. The number of hydrogen-bond acceptors (Lipinski definition) is 3. The summed E-state index contributed by atoms with van der Waals surface area (Å²) in [7, 11) is 0. The third kappa shape index (κ3) is 2.35. The van der Waals surface area contributed by atoms with Crippen LogP contribution >= 0.6 is 15.9 Å². The van der Waals surface area contributed by atoms with Crippen molar-refractivity contribution in [3.05, 3.63) is 22.8 Å². The normalized spacial score (nSPS) is 30.5. The Morgan fingerprint density at radius 1 is 1.69 bits per heavy atom. The lowest BCUT2D eigenvalue weighted by Crippen LogP contribution is -2.52. The van der Waals surface area contributed by atoms with Crippen LogP contribution in [0, 0.1) is 0 Å². The van der Waals surface area contributed by atoms with Gasteiger partial charge in [0.05, 0.1) is 12.1 Å². The van der Waals surface area contributed by atoms with Crippen molar-refractivity contribution in [2.75, 3.05) is 18.0 Å². The molecule has 2 rings (SSSR count). The molecule has 0 radical (unpaired) electrons. The number of pyridine rings is 1. The molecule has 1 fully saturated rings. The van der Waals surface area contributed by atoms with Crippen LogP contribution in [0.2, 0.25) is 0 Å². The van der Waals surface area contributed by atoms with Gasteiger partial charge in [-0.05, 0) is 25.5 Å². The van der Waals surface area contributed by atoms with Gasteiger partial charge in [0, 0.05) is 17.2 Å². The van der Waals surface area contributed by atoms with Gasteiger partial charge >= 0.3 is 0 Å². The zero-order chi connectivity index (χ0) is 11.8. The van der Waals surface area contributed by atoms with Crippen LogP contribution < -0.4 is 4.90 Å². The molecule has 0 spiro atoms. The highest BCUT2D eigenvalue weighted by Crippen LogP contribution is 2.28. The fraction of sp³-hybridized carbons (Fsp3) is 0.545. The Labute approximate surface area is 102 Å². The third-order valence-electron chi connectivity index (χ3n) is 2.97. The molecule has 1 aromatic heterocycles. The minimum absolute atomic E-state index is 0.191. The SMILES string of the molecule is C[C@@]1(O)CCN(c2cc(Br)ccn2)C[C@@H]1F. The summed E-state index contributed by atoms with van der Waals surface area (Å²) < 4.78 is 14.6. The van der Waals surface area contributed by atoms with Gasteiger partial charge in [-0.25, -0.2) is 9.37 Å². The van der Waals surface area contributed by atoms with Crippen LogP contribution in [0.25, 0.3) is 0 Å². The van der Waals surface area contributed by atoms with Gasteiger partial charge in [0.15, 0.2) is 0 Å². The average Bonchev–Trinajstić information content (AvgIpc) is 2.22. The van der Waals surface area contributed by atoms with E-state index in [1.54, 1.807) is 13.1 Å². The van der Waals surface area contributed by atoms with Crippen LogP contribution in [-0.4, -0.2) is 35.0 Å². The highest BCUT2D eigenvalue weighted by Gasteiger charge is 2.38. The Kier molecular flexibility index (Phi) is 3.17. The van der Waals surface area contributed by atoms with Gasteiger partial charge in [-0.15, -0.1) is 0 Å². The molecule has 2 heterocycles. The van der Waals surface area contributed by atoms with Gasteiger partial charge in [-0.1, -0.05) is 15.9 Å². The van der Waals surface area contributed by atoms with E-state index < -0.39 is 11.8 Å². The second-order valence-electron chi connectivity index (χ2n) is 4.35. The molecule has 1 aliphatic heterocycles. The summed E-state index contributed by atoms with van der Waals surface area (Å²) in [6, 6.07) is 3.68. The van der Waals surface area contributed by atoms with Crippen LogP contribution in [0.1, 0.15) is 13.3 Å². The van der Waals surface area contributed by atoms with Crippen LogP contribution in [0.15, 0.2) is 22.8 Å². The summed E-state index contributed by atoms with van der Waals surface area (Å²) in [5, 5.41) is 9.73. The maximum Gasteiger partial charge on any atom is 0.146 e. The highest BCUT2D eigenvalue weighted by atomic mass is 79.9. The van der Waals surface area contributed by atoms with Crippen LogP contribution in [0.4, 0.5) is 10.2 Å². The van der Waals surface area contributed by atoms with Crippen molar-refractivity contribution in [3.63, 3.8) is 0 Å². The van der Waals surface area contributed by atoms with Crippen molar-refractivity contribution >= 4 is 21.7 Å². The summed E-state index contributed by atoms with van der Waals surface area (Å²) in [6.45, 7) is 2.36. The molecule has 0 amide bonds. The summed E-state index contributed by atoms with van der Waals surface area (Å²) in [5.41, 5.74) is -1.21. The van der Waals surface area contributed by atoms with Crippen molar-refractivity contribution in [2.24, 2.45) is 0 Å². The average molecular weight is 289 g/mol. The van der Waals surface area contributed by atoms with Crippen molar-refractivity contribution in [1.82, 2.24) is 4.98 Å². The van der Waals surface area contributed by atoms with E-state index in [4.69, 9.17) is 0 Å². The van der Waals surface area contributed by atoms with E-state index in [1.807, 2.05) is 17.0 Å². The van der Waals surface area contributed by atoms with Crippen molar-refractivity contribution in [1.29, 1.82) is 0 Å². The Hall–Kier alpha value is -0.680. The summed E-state index contributed by atoms with van der Waals surface area (Å²) in [4.78, 5) is 6.05. The lowest BCUT2D eigenvalue weighted by Gasteiger charge is -2.39. The van der Waals surface area contributed by atoms with Crippen LogP contribution in [0.5, 0.6) is 0 Å². The number of piperidine rings is 1. The van der Waals surface area contributed by atoms with Crippen molar-refractivity contribution in [2.45, 2.75) is 25.1 Å². The van der Waals surface area contributed by atoms with E-state index in [2.05, 4.69) is 20.9 Å². The number of anilines is 1. The first-order chi connectivity index (χ1) is 7.49. The van der Waals surface area contributed by atoms with Gasteiger partial charge in [0.25, 0.3) is 0 Å².